The Balaban J connectivity index is 2.11. The third kappa shape index (κ3) is 3.46. The average Bonchev–Trinajstić information content (AvgIpc) is 2.28. The van der Waals surface area contributed by atoms with E-state index in [9.17, 15) is 4.79 Å². The Morgan fingerprint density at radius 3 is 2.67 bits per heavy atom. The van der Waals surface area contributed by atoms with Crippen LogP contribution in [-0.4, -0.2) is 24.7 Å². The molecule has 3 nitrogen and oxygen atoms in total. The second-order valence-electron chi connectivity index (χ2n) is 4.79. The van der Waals surface area contributed by atoms with Crippen LogP contribution in [0, 0.1) is 0 Å². The highest BCUT2D eigenvalue weighted by atomic mass is 79.9. The van der Waals surface area contributed by atoms with Crippen LogP contribution in [0.4, 0.5) is 0 Å². The zero-order valence-electron chi connectivity index (χ0n) is 10.1. The van der Waals surface area contributed by atoms with Crippen LogP contribution in [0.3, 0.4) is 0 Å². The van der Waals surface area contributed by atoms with E-state index in [-0.39, 0.29) is 11.4 Å². The van der Waals surface area contributed by atoms with Gasteiger partial charge in [0.1, 0.15) is 0 Å². The van der Waals surface area contributed by atoms with Gasteiger partial charge in [-0.2, -0.15) is 0 Å². The number of hydrogen-bond acceptors (Lipinski definition) is 2. The van der Waals surface area contributed by atoms with Gasteiger partial charge < -0.3 is 10.1 Å². The molecule has 18 heavy (non-hydrogen) atoms. The standard InChI is InChI=1S/C13H15BrClNO2/c1-13(2-4-18-5-3-13)16-12(17)9-6-10(14)8-11(15)7-9/h6-8H,2-5H2,1H3,(H,16,17). The predicted octanol–water partition coefficient (Wildman–Crippen LogP) is 3.40. The monoisotopic (exact) mass is 331 g/mol. The molecule has 1 N–H and O–H groups in total. The topological polar surface area (TPSA) is 38.3 Å². The first kappa shape index (κ1) is 13.8. The van der Waals surface area contributed by atoms with Crippen molar-refractivity contribution in [2.45, 2.75) is 25.3 Å². The smallest absolute Gasteiger partial charge is 0.251 e. The van der Waals surface area contributed by atoms with Gasteiger partial charge in [0, 0.05) is 33.8 Å². The van der Waals surface area contributed by atoms with Crippen molar-refractivity contribution >= 4 is 33.4 Å². The van der Waals surface area contributed by atoms with Crippen molar-refractivity contribution in [1.82, 2.24) is 5.32 Å². The number of nitrogens with one attached hydrogen (secondary N) is 1. The third-order valence-corrected chi connectivity index (χ3v) is 3.81. The van der Waals surface area contributed by atoms with Gasteiger partial charge in [-0.3, -0.25) is 4.79 Å². The molecule has 1 aromatic carbocycles. The first-order chi connectivity index (χ1) is 8.48. The maximum Gasteiger partial charge on any atom is 0.251 e. The first-order valence-electron chi connectivity index (χ1n) is 5.85. The number of hydrogen-bond donors (Lipinski definition) is 1. The molecule has 1 aliphatic rings. The minimum absolute atomic E-state index is 0.0948. The van der Waals surface area contributed by atoms with Crippen LogP contribution >= 0.6 is 27.5 Å². The van der Waals surface area contributed by atoms with E-state index in [0.29, 0.717) is 23.8 Å². The van der Waals surface area contributed by atoms with E-state index in [1.807, 2.05) is 6.92 Å². The highest BCUT2D eigenvalue weighted by Gasteiger charge is 2.29. The number of rotatable bonds is 2. The molecule has 1 amide bonds. The van der Waals surface area contributed by atoms with Crippen LogP contribution in [0.15, 0.2) is 22.7 Å². The molecule has 0 saturated carbocycles. The maximum atomic E-state index is 12.2. The summed E-state index contributed by atoms with van der Waals surface area (Å²) in [6.45, 7) is 3.43. The molecule has 1 aromatic rings. The molecule has 1 saturated heterocycles. The van der Waals surface area contributed by atoms with Crippen LogP contribution in [0.5, 0.6) is 0 Å². The summed E-state index contributed by atoms with van der Waals surface area (Å²) in [7, 11) is 0. The van der Waals surface area contributed by atoms with Gasteiger partial charge in [0.25, 0.3) is 5.91 Å². The molecule has 0 bridgehead atoms. The van der Waals surface area contributed by atoms with E-state index in [1.165, 1.54) is 0 Å². The van der Waals surface area contributed by atoms with Crippen molar-refractivity contribution in [1.29, 1.82) is 0 Å². The van der Waals surface area contributed by atoms with Crippen molar-refractivity contribution in [2.75, 3.05) is 13.2 Å². The molecule has 0 radical (unpaired) electrons. The number of halogens is 2. The molecule has 0 unspecified atom stereocenters. The van der Waals surface area contributed by atoms with Gasteiger partial charge >= 0.3 is 0 Å². The molecule has 5 heteroatoms. The van der Waals surface area contributed by atoms with E-state index < -0.39 is 0 Å². The summed E-state index contributed by atoms with van der Waals surface area (Å²) < 4.78 is 6.11. The molecule has 1 fully saturated rings. The minimum atomic E-state index is -0.190. The maximum absolute atomic E-state index is 12.2. The largest absolute Gasteiger partial charge is 0.381 e. The highest BCUT2D eigenvalue weighted by Crippen LogP contribution is 2.23. The first-order valence-corrected chi connectivity index (χ1v) is 7.02. The number of carbonyl (C=O) groups is 1. The predicted molar refractivity (Wildman–Crippen MR) is 75.1 cm³/mol. The molecular weight excluding hydrogens is 318 g/mol. The number of benzene rings is 1. The van der Waals surface area contributed by atoms with Crippen molar-refractivity contribution in [2.24, 2.45) is 0 Å². The fourth-order valence-electron chi connectivity index (χ4n) is 1.98. The second-order valence-corrected chi connectivity index (χ2v) is 6.14. The summed E-state index contributed by atoms with van der Waals surface area (Å²) in [4.78, 5) is 12.2. The van der Waals surface area contributed by atoms with E-state index in [1.54, 1.807) is 18.2 Å². The summed E-state index contributed by atoms with van der Waals surface area (Å²) >= 11 is 9.28. The molecule has 1 aliphatic heterocycles. The van der Waals surface area contributed by atoms with Gasteiger partial charge in [-0.1, -0.05) is 27.5 Å². The lowest BCUT2D eigenvalue weighted by atomic mass is 9.92. The van der Waals surface area contributed by atoms with E-state index in [4.69, 9.17) is 16.3 Å². The Morgan fingerprint density at radius 2 is 2.06 bits per heavy atom. The third-order valence-electron chi connectivity index (χ3n) is 3.14. The van der Waals surface area contributed by atoms with Crippen molar-refractivity contribution in [3.05, 3.63) is 33.3 Å². The normalized spacial score (nSPS) is 18.4. The van der Waals surface area contributed by atoms with Crippen molar-refractivity contribution < 1.29 is 9.53 Å². The van der Waals surface area contributed by atoms with E-state index in [0.717, 1.165) is 17.3 Å². The lowest BCUT2D eigenvalue weighted by molar-refractivity contribution is 0.0423. The van der Waals surface area contributed by atoms with Gasteiger partial charge in [-0.05, 0) is 38.0 Å². The van der Waals surface area contributed by atoms with Crippen LogP contribution in [0.2, 0.25) is 5.02 Å². The van der Waals surface area contributed by atoms with Crippen LogP contribution in [-0.2, 0) is 4.74 Å². The van der Waals surface area contributed by atoms with Crippen molar-refractivity contribution in [3.8, 4) is 0 Å². The molecule has 0 aromatic heterocycles. The molecule has 0 atom stereocenters. The zero-order chi connectivity index (χ0) is 13.2. The Labute approximate surface area is 120 Å². The summed E-state index contributed by atoms with van der Waals surface area (Å²) in [5.41, 5.74) is 0.381. The second kappa shape index (κ2) is 5.59. The Morgan fingerprint density at radius 1 is 1.39 bits per heavy atom. The van der Waals surface area contributed by atoms with Crippen molar-refractivity contribution in [3.63, 3.8) is 0 Å². The Kier molecular flexibility index (Phi) is 4.30. The SMILES string of the molecule is CC1(NC(=O)c2cc(Cl)cc(Br)c2)CCOCC1. The quantitative estimate of drug-likeness (QED) is 0.901. The fraction of sp³-hybridized carbons (Fsp3) is 0.462. The fourth-order valence-corrected chi connectivity index (χ4v) is 2.84. The van der Waals surface area contributed by atoms with Crippen LogP contribution in [0.25, 0.3) is 0 Å². The number of amides is 1. The number of carbonyl (C=O) groups excluding carboxylic acids is 1. The average molecular weight is 333 g/mol. The van der Waals surface area contributed by atoms with Gasteiger partial charge in [-0.25, -0.2) is 0 Å². The molecule has 1 heterocycles. The molecular formula is C13H15BrClNO2. The van der Waals surface area contributed by atoms with Gasteiger partial charge in [0.05, 0.1) is 0 Å². The van der Waals surface area contributed by atoms with Gasteiger partial charge in [0.2, 0.25) is 0 Å². The molecule has 0 aliphatic carbocycles. The van der Waals surface area contributed by atoms with E-state index in [2.05, 4.69) is 21.2 Å². The minimum Gasteiger partial charge on any atom is -0.381 e. The van der Waals surface area contributed by atoms with Crippen LogP contribution < -0.4 is 5.32 Å². The summed E-state index contributed by atoms with van der Waals surface area (Å²) in [6, 6.07) is 5.20. The number of ether oxygens (including phenoxy) is 1. The summed E-state index contributed by atoms with van der Waals surface area (Å²) in [6.07, 6.45) is 1.67. The van der Waals surface area contributed by atoms with Gasteiger partial charge in [-0.15, -0.1) is 0 Å². The lowest BCUT2D eigenvalue weighted by Crippen LogP contribution is -2.49. The molecule has 98 valence electrons. The summed E-state index contributed by atoms with van der Waals surface area (Å²) in [5, 5.41) is 3.62. The van der Waals surface area contributed by atoms with Gasteiger partial charge in [0.15, 0.2) is 0 Å². The van der Waals surface area contributed by atoms with E-state index >= 15 is 0 Å². The summed E-state index contributed by atoms with van der Waals surface area (Å²) in [5.74, 6) is -0.0948. The zero-order valence-corrected chi connectivity index (χ0v) is 12.5. The Bertz CT molecular complexity index is 438. The van der Waals surface area contributed by atoms with Crippen LogP contribution in [0.1, 0.15) is 30.1 Å². The molecule has 2 rings (SSSR count). The molecule has 0 spiro atoms. The Hall–Kier alpha value is -0.580. The highest BCUT2D eigenvalue weighted by molar-refractivity contribution is 9.10. The lowest BCUT2D eigenvalue weighted by Gasteiger charge is -2.34.